The smallest absolute Gasteiger partial charge is 0.182 e. The molecule has 0 saturated heterocycles. The van der Waals surface area contributed by atoms with E-state index in [2.05, 4.69) is 50.3 Å². The van der Waals surface area contributed by atoms with E-state index in [9.17, 15) is 0 Å². The van der Waals surface area contributed by atoms with Gasteiger partial charge >= 0.3 is 0 Å². The summed E-state index contributed by atoms with van der Waals surface area (Å²) in [6.45, 7) is 12.6. The highest BCUT2D eigenvalue weighted by Crippen LogP contribution is 2.68. The molecule has 2 nitrogen and oxygen atoms in total. The molecule has 16 heavy (non-hydrogen) atoms. The largest absolute Gasteiger partial charge is 0.361 e. The minimum absolute atomic E-state index is 0.463. The lowest BCUT2D eigenvalue weighted by atomic mass is 10.0. The molecule has 0 bridgehead atoms. The minimum Gasteiger partial charge on any atom is -0.361 e. The Balaban J connectivity index is 1.90. The fraction of sp³-hybridized carbons (Fsp3) is 0.769. The van der Waals surface area contributed by atoms with Crippen LogP contribution in [0.25, 0.3) is 0 Å². The molecule has 1 fully saturated rings. The summed E-state index contributed by atoms with van der Waals surface area (Å²) in [7, 11) is 0. The van der Waals surface area contributed by atoms with E-state index in [4.69, 9.17) is 0 Å². The van der Waals surface area contributed by atoms with Crippen LogP contribution in [-0.2, 0) is 6.42 Å². The topological polar surface area (TPSA) is 24.9 Å². The Bertz CT molecular complexity index is 365. The van der Waals surface area contributed by atoms with Crippen LogP contribution in [0.5, 0.6) is 0 Å². The molecule has 3 heteroatoms. The van der Waals surface area contributed by atoms with Crippen molar-refractivity contribution >= 4 is 16.5 Å². The van der Waals surface area contributed by atoms with Gasteiger partial charge in [-0.15, -0.1) is 11.3 Å². The van der Waals surface area contributed by atoms with Crippen molar-refractivity contribution in [3.05, 3.63) is 11.1 Å². The number of rotatable bonds is 4. The highest BCUT2D eigenvalue weighted by Gasteiger charge is 2.64. The number of aryl methyl sites for hydroxylation is 1. The van der Waals surface area contributed by atoms with Crippen LogP contribution in [-0.4, -0.2) is 11.5 Å². The molecule has 90 valence electrons. The van der Waals surface area contributed by atoms with Gasteiger partial charge in [0.1, 0.15) is 0 Å². The maximum Gasteiger partial charge on any atom is 0.182 e. The number of anilines is 1. The second-order valence-electron chi connectivity index (χ2n) is 5.87. The number of thiazole rings is 1. The third-order valence-electron chi connectivity index (χ3n) is 4.69. The van der Waals surface area contributed by atoms with Gasteiger partial charge in [0.05, 0.1) is 5.69 Å². The van der Waals surface area contributed by atoms with E-state index in [1.165, 1.54) is 5.69 Å². The van der Waals surface area contributed by atoms with Crippen molar-refractivity contribution in [2.75, 3.05) is 11.9 Å². The van der Waals surface area contributed by atoms with E-state index in [1.807, 2.05) is 0 Å². The first-order valence-electron chi connectivity index (χ1n) is 6.08. The molecular formula is C13H22N2S. The zero-order chi connectivity index (χ0) is 12.0. The molecule has 1 aliphatic rings. The molecule has 0 amide bonds. The van der Waals surface area contributed by atoms with Crippen LogP contribution in [0, 0.1) is 16.7 Å². The molecule has 1 aromatic heterocycles. The number of nitrogens with zero attached hydrogens (tertiary/aromatic N) is 1. The van der Waals surface area contributed by atoms with Gasteiger partial charge in [-0.3, -0.25) is 0 Å². The molecule has 2 rings (SSSR count). The van der Waals surface area contributed by atoms with E-state index in [-0.39, 0.29) is 0 Å². The molecule has 0 unspecified atom stereocenters. The van der Waals surface area contributed by atoms with Crippen LogP contribution in [0.2, 0.25) is 0 Å². The van der Waals surface area contributed by atoms with Gasteiger partial charge < -0.3 is 5.32 Å². The maximum atomic E-state index is 4.53. The molecule has 0 aliphatic heterocycles. The average molecular weight is 238 g/mol. The lowest BCUT2D eigenvalue weighted by molar-refractivity contribution is 0.457. The molecule has 0 spiro atoms. The summed E-state index contributed by atoms with van der Waals surface area (Å²) in [4.78, 5) is 4.53. The monoisotopic (exact) mass is 238 g/mol. The second-order valence-corrected chi connectivity index (χ2v) is 6.73. The zero-order valence-electron chi connectivity index (χ0n) is 10.9. The Kier molecular flexibility index (Phi) is 2.77. The lowest BCUT2D eigenvalue weighted by Gasteiger charge is -2.04. The average Bonchev–Trinajstić information content (AvgIpc) is 2.60. The molecule has 0 radical (unpaired) electrons. The van der Waals surface area contributed by atoms with E-state index in [1.54, 1.807) is 11.3 Å². The molecule has 1 saturated carbocycles. The van der Waals surface area contributed by atoms with Crippen molar-refractivity contribution in [1.29, 1.82) is 0 Å². The Morgan fingerprint density at radius 3 is 2.38 bits per heavy atom. The van der Waals surface area contributed by atoms with E-state index in [0.717, 1.165) is 24.0 Å². The van der Waals surface area contributed by atoms with E-state index < -0.39 is 0 Å². The van der Waals surface area contributed by atoms with Crippen LogP contribution >= 0.6 is 11.3 Å². The Hall–Kier alpha value is -0.570. The quantitative estimate of drug-likeness (QED) is 0.863. The third kappa shape index (κ3) is 1.75. The normalized spacial score (nSPS) is 22.1. The SMILES string of the molecule is CCc1csc(NCC2C(C)(C)C2(C)C)n1. The Morgan fingerprint density at radius 2 is 1.94 bits per heavy atom. The van der Waals surface area contributed by atoms with Gasteiger partial charge in [-0.2, -0.15) is 0 Å². The van der Waals surface area contributed by atoms with Crippen LogP contribution in [0.4, 0.5) is 5.13 Å². The summed E-state index contributed by atoms with van der Waals surface area (Å²) in [5.41, 5.74) is 2.12. The fourth-order valence-electron chi connectivity index (χ4n) is 2.58. The van der Waals surface area contributed by atoms with Crippen LogP contribution in [0.3, 0.4) is 0 Å². The molecule has 1 N–H and O–H groups in total. The molecule has 1 aliphatic carbocycles. The first kappa shape index (κ1) is 11.9. The van der Waals surface area contributed by atoms with Gasteiger partial charge in [-0.25, -0.2) is 4.98 Å². The highest BCUT2D eigenvalue weighted by atomic mass is 32.1. The van der Waals surface area contributed by atoms with Crippen LogP contribution in [0.15, 0.2) is 5.38 Å². The molecule has 0 aromatic carbocycles. The summed E-state index contributed by atoms with van der Waals surface area (Å²) >= 11 is 1.72. The highest BCUT2D eigenvalue weighted by molar-refractivity contribution is 7.13. The van der Waals surface area contributed by atoms with Crippen molar-refractivity contribution in [1.82, 2.24) is 4.98 Å². The summed E-state index contributed by atoms with van der Waals surface area (Å²) < 4.78 is 0. The van der Waals surface area contributed by atoms with E-state index >= 15 is 0 Å². The van der Waals surface area contributed by atoms with Crippen molar-refractivity contribution in [2.45, 2.75) is 41.0 Å². The number of nitrogens with one attached hydrogen (secondary N) is 1. The summed E-state index contributed by atoms with van der Waals surface area (Å²) in [6.07, 6.45) is 1.03. The first-order valence-corrected chi connectivity index (χ1v) is 6.96. The van der Waals surface area contributed by atoms with Crippen molar-refractivity contribution < 1.29 is 0 Å². The fourth-order valence-corrected chi connectivity index (χ4v) is 3.39. The van der Waals surface area contributed by atoms with Gasteiger partial charge in [0.25, 0.3) is 0 Å². The molecule has 0 atom stereocenters. The van der Waals surface area contributed by atoms with Gasteiger partial charge in [0.2, 0.25) is 0 Å². The van der Waals surface area contributed by atoms with Gasteiger partial charge in [0, 0.05) is 11.9 Å². The summed E-state index contributed by atoms with van der Waals surface area (Å²) in [6, 6.07) is 0. The number of hydrogen-bond acceptors (Lipinski definition) is 3. The summed E-state index contributed by atoms with van der Waals surface area (Å²) in [5, 5.41) is 6.70. The van der Waals surface area contributed by atoms with Gasteiger partial charge in [-0.05, 0) is 23.2 Å². The predicted molar refractivity (Wildman–Crippen MR) is 71.0 cm³/mol. The zero-order valence-corrected chi connectivity index (χ0v) is 11.7. The maximum absolute atomic E-state index is 4.53. The third-order valence-corrected chi connectivity index (χ3v) is 5.54. The van der Waals surface area contributed by atoms with Crippen LogP contribution in [0.1, 0.15) is 40.3 Å². The van der Waals surface area contributed by atoms with E-state index in [0.29, 0.717) is 10.8 Å². The number of hydrogen-bond donors (Lipinski definition) is 1. The van der Waals surface area contributed by atoms with Crippen LogP contribution < -0.4 is 5.32 Å². The van der Waals surface area contributed by atoms with Gasteiger partial charge in [-0.1, -0.05) is 34.6 Å². The Morgan fingerprint density at radius 1 is 1.31 bits per heavy atom. The standard InChI is InChI=1S/C13H22N2S/c1-6-9-8-16-11(15-9)14-7-10-12(2,3)13(10,4)5/h8,10H,6-7H2,1-5H3,(H,14,15). The first-order chi connectivity index (χ1) is 7.39. The number of aromatic nitrogens is 1. The summed E-state index contributed by atoms with van der Waals surface area (Å²) in [5.74, 6) is 0.758. The lowest BCUT2D eigenvalue weighted by Crippen LogP contribution is -2.07. The predicted octanol–water partition coefficient (Wildman–Crippen LogP) is 3.80. The van der Waals surface area contributed by atoms with Crippen molar-refractivity contribution in [3.8, 4) is 0 Å². The van der Waals surface area contributed by atoms with Gasteiger partial charge in [0.15, 0.2) is 5.13 Å². The second kappa shape index (κ2) is 3.73. The van der Waals surface area contributed by atoms with Crippen molar-refractivity contribution in [3.63, 3.8) is 0 Å². The molecular weight excluding hydrogens is 216 g/mol. The van der Waals surface area contributed by atoms with Crippen molar-refractivity contribution in [2.24, 2.45) is 16.7 Å². The Labute approximate surface area is 102 Å². The molecule has 1 aromatic rings. The molecule has 1 heterocycles. The minimum atomic E-state index is 0.463.